The fourth-order valence-corrected chi connectivity index (χ4v) is 5.27. The molecule has 2 amide bonds. The van der Waals surface area contributed by atoms with Gasteiger partial charge in [0.1, 0.15) is 24.7 Å². The Bertz CT molecular complexity index is 1910. The molecule has 4 aromatic rings. The molecule has 1 aromatic heterocycles. The minimum atomic E-state index is -4.68. The van der Waals surface area contributed by atoms with Crippen LogP contribution in [0.3, 0.4) is 0 Å². The maximum atomic E-state index is 13.8. The number of ether oxygens (including phenoxy) is 1. The standard InChI is InChI=1S/C35H36F3N7O4/c1-20(2)28-17-41-27-15-29(24-12-25(35(36,37)38)14-26(39)13-24)45(33(47)31(27)43-28)18-30(46)42-16-21-8-10-23(11-9-21)32(40)44-34(48)49-19-22-6-4-3-5-7-22/h3-15,20,28,41,43H,16-19,39H2,1-2H3,(H,42,46)(H2,40,44,48). The van der Waals surface area contributed by atoms with E-state index in [1.54, 1.807) is 30.3 Å². The number of amidine groups is 1. The van der Waals surface area contributed by atoms with Gasteiger partial charge < -0.3 is 26.4 Å². The van der Waals surface area contributed by atoms with Crippen molar-refractivity contribution in [2.24, 2.45) is 5.92 Å². The first kappa shape index (κ1) is 34.5. The van der Waals surface area contributed by atoms with Crippen molar-refractivity contribution in [2.75, 3.05) is 22.9 Å². The first-order valence-corrected chi connectivity index (χ1v) is 15.5. The van der Waals surface area contributed by atoms with Crippen LogP contribution in [0.15, 0.2) is 83.7 Å². The van der Waals surface area contributed by atoms with Gasteiger partial charge >= 0.3 is 12.3 Å². The van der Waals surface area contributed by atoms with E-state index < -0.39 is 35.8 Å². The van der Waals surface area contributed by atoms with Crippen LogP contribution in [-0.4, -0.2) is 35.0 Å². The number of amides is 2. The van der Waals surface area contributed by atoms with Crippen LogP contribution in [0.2, 0.25) is 0 Å². The van der Waals surface area contributed by atoms with Gasteiger partial charge in [0.25, 0.3) is 5.56 Å². The predicted octanol–water partition coefficient (Wildman–Crippen LogP) is 5.55. The van der Waals surface area contributed by atoms with Crippen LogP contribution in [0.25, 0.3) is 11.3 Å². The number of nitrogens with two attached hydrogens (primary N) is 1. The molecule has 0 radical (unpaired) electrons. The normalized spacial score (nSPS) is 13.9. The number of alkyl carbamates (subject to hydrolysis) is 1. The molecule has 7 N–H and O–H groups in total. The summed E-state index contributed by atoms with van der Waals surface area (Å²) in [7, 11) is 0. The number of anilines is 3. The number of carbonyl (C=O) groups excluding carboxylic acids is 2. The number of pyridine rings is 1. The number of carbonyl (C=O) groups is 2. The first-order chi connectivity index (χ1) is 23.3. The Hall–Kier alpha value is -5.79. The highest BCUT2D eigenvalue weighted by atomic mass is 19.4. The van der Waals surface area contributed by atoms with E-state index in [-0.39, 0.29) is 53.6 Å². The van der Waals surface area contributed by atoms with Gasteiger partial charge in [-0.25, -0.2) is 4.79 Å². The van der Waals surface area contributed by atoms with Crippen molar-refractivity contribution in [3.05, 3.63) is 111 Å². The zero-order valence-corrected chi connectivity index (χ0v) is 26.8. The molecule has 1 atom stereocenters. The Morgan fingerprint density at radius 2 is 1.76 bits per heavy atom. The summed E-state index contributed by atoms with van der Waals surface area (Å²) in [6.07, 6.45) is -5.46. The molecule has 0 aliphatic carbocycles. The van der Waals surface area contributed by atoms with Crippen LogP contribution < -0.4 is 32.6 Å². The average molecular weight is 676 g/mol. The second-order valence-corrected chi connectivity index (χ2v) is 12.0. The van der Waals surface area contributed by atoms with Crippen molar-refractivity contribution in [3.8, 4) is 11.3 Å². The lowest BCUT2D eigenvalue weighted by molar-refractivity contribution is -0.137. The third kappa shape index (κ3) is 8.58. The molecule has 0 fully saturated rings. The molecular formula is C35H36F3N7O4. The molecule has 0 saturated heterocycles. The van der Waals surface area contributed by atoms with Crippen molar-refractivity contribution < 1.29 is 27.5 Å². The summed E-state index contributed by atoms with van der Waals surface area (Å²) in [6, 6.07) is 20.1. The maximum absolute atomic E-state index is 13.8. The molecule has 49 heavy (non-hydrogen) atoms. The number of aromatic nitrogens is 1. The summed E-state index contributed by atoms with van der Waals surface area (Å²) in [4.78, 5) is 39.1. The van der Waals surface area contributed by atoms with Gasteiger partial charge in [-0.15, -0.1) is 0 Å². The summed E-state index contributed by atoms with van der Waals surface area (Å²) in [6.45, 7) is 4.10. The van der Waals surface area contributed by atoms with E-state index in [4.69, 9.17) is 15.9 Å². The lowest BCUT2D eigenvalue weighted by Gasteiger charge is -2.31. The molecule has 0 bridgehead atoms. The SMILES string of the molecule is CC(C)C1CNc2cc(-c3cc(N)cc(C(F)(F)F)c3)n(CC(=O)NCc3ccc(C(=N)NC(=O)OCc4ccccc4)cc3)c(=O)c2N1. The van der Waals surface area contributed by atoms with Gasteiger partial charge in [-0.05, 0) is 41.3 Å². The van der Waals surface area contributed by atoms with Gasteiger partial charge in [0.05, 0.1) is 16.9 Å². The van der Waals surface area contributed by atoms with E-state index >= 15 is 0 Å². The summed E-state index contributed by atoms with van der Waals surface area (Å²) < 4.78 is 47.3. The zero-order valence-electron chi connectivity index (χ0n) is 26.8. The zero-order chi connectivity index (χ0) is 35.3. The number of hydrogen-bond donors (Lipinski definition) is 6. The fraction of sp³-hybridized carbons (Fsp3) is 0.257. The lowest BCUT2D eigenvalue weighted by atomic mass is 10.00. The van der Waals surface area contributed by atoms with Crippen LogP contribution in [0.5, 0.6) is 0 Å². The summed E-state index contributed by atoms with van der Waals surface area (Å²) in [5.41, 5.74) is 6.75. The molecule has 0 spiro atoms. The number of alkyl halides is 3. The molecule has 3 aromatic carbocycles. The Morgan fingerprint density at radius 1 is 1.04 bits per heavy atom. The van der Waals surface area contributed by atoms with Gasteiger partial charge in [-0.3, -0.25) is 24.9 Å². The third-order valence-corrected chi connectivity index (χ3v) is 8.00. The molecule has 11 nitrogen and oxygen atoms in total. The molecule has 1 unspecified atom stereocenters. The molecule has 0 saturated carbocycles. The first-order valence-electron chi connectivity index (χ1n) is 15.5. The highest BCUT2D eigenvalue weighted by Gasteiger charge is 2.32. The number of nitrogen functional groups attached to an aromatic ring is 1. The predicted molar refractivity (Wildman–Crippen MR) is 181 cm³/mol. The maximum Gasteiger partial charge on any atom is 0.416 e. The summed E-state index contributed by atoms with van der Waals surface area (Å²) in [5, 5.41) is 19.7. The van der Waals surface area contributed by atoms with Gasteiger partial charge in [-0.1, -0.05) is 68.4 Å². The number of hydrogen-bond acceptors (Lipinski definition) is 8. The largest absolute Gasteiger partial charge is 0.444 e. The van der Waals surface area contributed by atoms with E-state index in [9.17, 15) is 27.6 Å². The van der Waals surface area contributed by atoms with Gasteiger partial charge in [0.15, 0.2) is 0 Å². The number of rotatable bonds is 9. The average Bonchev–Trinajstić information content (AvgIpc) is 3.07. The number of nitrogens with one attached hydrogen (secondary N) is 5. The monoisotopic (exact) mass is 675 g/mol. The number of fused-ring (bicyclic) bond motifs is 1. The summed E-state index contributed by atoms with van der Waals surface area (Å²) >= 11 is 0. The van der Waals surface area contributed by atoms with Crippen molar-refractivity contribution in [1.29, 1.82) is 5.41 Å². The van der Waals surface area contributed by atoms with Crippen molar-refractivity contribution in [1.82, 2.24) is 15.2 Å². The van der Waals surface area contributed by atoms with E-state index in [2.05, 4.69) is 21.3 Å². The minimum absolute atomic E-state index is 0.0309. The smallest absolute Gasteiger partial charge is 0.416 e. The van der Waals surface area contributed by atoms with Crippen LogP contribution in [0, 0.1) is 11.3 Å². The van der Waals surface area contributed by atoms with Crippen molar-refractivity contribution >= 4 is 34.9 Å². The lowest BCUT2D eigenvalue weighted by Crippen LogP contribution is -2.42. The van der Waals surface area contributed by atoms with Crippen LogP contribution in [0.4, 0.5) is 35.0 Å². The Balaban J connectivity index is 1.29. The molecular weight excluding hydrogens is 639 g/mol. The van der Waals surface area contributed by atoms with E-state index in [1.165, 1.54) is 6.07 Å². The van der Waals surface area contributed by atoms with Crippen LogP contribution >= 0.6 is 0 Å². The molecule has 5 rings (SSSR count). The number of benzene rings is 3. The Morgan fingerprint density at radius 3 is 2.43 bits per heavy atom. The van der Waals surface area contributed by atoms with E-state index in [0.717, 1.165) is 22.3 Å². The summed E-state index contributed by atoms with van der Waals surface area (Å²) in [5.74, 6) is -0.572. The van der Waals surface area contributed by atoms with Gasteiger partial charge in [0, 0.05) is 35.9 Å². The minimum Gasteiger partial charge on any atom is -0.444 e. The van der Waals surface area contributed by atoms with Crippen LogP contribution in [0.1, 0.15) is 36.1 Å². The van der Waals surface area contributed by atoms with Crippen molar-refractivity contribution in [2.45, 2.75) is 45.8 Å². The molecule has 1 aliphatic heterocycles. The Labute approximate surface area is 280 Å². The highest BCUT2D eigenvalue weighted by molar-refractivity contribution is 6.04. The second kappa shape index (κ2) is 14.5. The van der Waals surface area contributed by atoms with Gasteiger partial charge in [-0.2, -0.15) is 13.2 Å². The second-order valence-electron chi connectivity index (χ2n) is 12.0. The molecule has 256 valence electrons. The third-order valence-electron chi connectivity index (χ3n) is 8.00. The highest BCUT2D eigenvalue weighted by Crippen LogP contribution is 2.36. The fourth-order valence-electron chi connectivity index (χ4n) is 5.27. The molecule has 14 heteroatoms. The Kier molecular flexibility index (Phi) is 10.3. The van der Waals surface area contributed by atoms with Crippen molar-refractivity contribution in [3.63, 3.8) is 0 Å². The quantitative estimate of drug-likeness (QED) is 0.0770. The van der Waals surface area contributed by atoms with E-state index in [0.29, 0.717) is 23.4 Å². The number of halogens is 3. The molecule has 2 heterocycles. The number of nitrogens with zero attached hydrogens (tertiary/aromatic N) is 1. The van der Waals surface area contributed by atoms with Gasteiger partial charge in [0.2, 0.25) is 5.91 Å². The topological polar surface area (TPSA) is 163 Å². The van der Waals surface area contributed by atoms with Crippen LogP contribution in [-0.2, 0) is 35.4 Å². The van der Waals surface area contributed by atoms with E-state index in [1.807, 2.05) is 44.2 Å². The molecule has 1 aliphatic rings.